The lowest BCUT2D eigenvalue weighted by atomic mass is 10.1. The minimum atomic E-state index is -5.24. The molecule has 2 amide bonds. The number of hydrogen-bond acceptors (Lipinski definition) is 3. The van der Waals surface area contributed by atoms with Crippen LogP contribution in [0.3, 0.4) is 0 Å². The molecule has 0 aliphatic rings. The SMILES string of the molecule is CCCN(CCC)CCc1ccc(NC(=O)C(F)(F)F)c(NC(=O)C(F)(F)F)c1. The summed E-state index contributed by atoms with van der Waals surface area (Å²) >= 11 is 0. The normalized spacial score (nSPS) is 12.2. The van der Waals surface area contributed by atoms with Crippen molar-refractivity contribution >= 4 is 23.2 Å². The Morgan fingerprint density at radius 3 is 1.76 bits per heavy atom. The van der Waals surface area contributed by atoms with Gasteiger partial charge in [0.15, 0.2) is 0 Å². The number of benzene rings is 1. The first-order valence-electron chi connectivity index (χ1n) is 9.00. The van der Waals surface area contributed by atoms with Crippen molar-refractivity contribution in [1.82, 2.24) is 4.90 Å². The average molecular weight is 427 g/mol. The number of halogens is 6. The van der Waals surface area contributed by atoms with Gasteiger partial charge in [-0.15, -0.1) is 0 Å². The second-order valence-corrected chi connectivity index (χ2v) is 6.38. The van der Waals surface area contributed by atoms with E-state index in [4.69, 9.17) is 0 Å². The largest absolute Gasteiger partial charge is 0.471 e. The van der Waals surface area contributed by atoms with Gasteiger partial charge >= 0.3 is 24.2 Å². The van der Waals surface area contributed by atoms with E-state index in [1.165, 1.54) is 16.7 Å². The number of amides is 2. The van der Waals surface area contributed by atoms with Crippen LogP contribution in [0, 0.1) is 0 Å². The minimum Gasteiger partial charge on any atom is -0.316 e. The van der Waals surface area contributed by atoms with Crippen LogP contribution in [0.15, 0.2) is 18.2 Å². The van der Waals surface area contributed by atoms with Crippen LogP contribution >= 0.6 is 0 Å². The second-order valence-electron chi connectivity index (χ2n) is 6.38. The van der Waals surface area contributed by atoms with Crippen molar-refractivity contribution in [2.75, 3.05) is 30.3 Å². The fraction of sp³-hybridized carbons (Fsp3) is 0.556. The topological polar surface area (TPSA) is 61.4 Å². The predicted molar refractivity (Wildman–Crippen MR) is 96.5 cm³/mol. The smallest absolute Gasteiger partial charge is 0.316 e. The maximum atomic E-state index is 12.6. The number of carbonyl (C=O) groups is 2. The van der Waals surface area contributed by atoms with Crippen LogP contribution in [0.1, 0.15) is 32.3 Å². The lowest BCUT2D eigenvalue weighted by Crippen LogP contribution is -2.32. The number of nitrogens with zero attached hydrogens (tertiary/aromatic N) is 1. The van der Waals surface area contributed by atoms with Crippen molar-refractivity contribution in [2.24, 2.45) is 0 Å². The molecule has 0 unspecified atom stereocenters. The molecule has 0 aliphatic carbocycles. The Morgan fingerprint density at radius 1 is 0.828 bits per heavy atom. The number of rotatable bonds is 9. The summed E-state index contributed by atoms with van der Waals surface area (Å²) < 4.78 is 75.1. The van der Waals surface area contributed by atoms with Crippen LogP contribution in [-0.4, -0.2) is 48.7 Å². The number of alkyl halides is 6. The summed E-state index contributed by atoms with van der Waals surface area (Å²) in [6, 6.07) is 3.56. The Bertz CT molecular complexity index is 698. The van der Waals surface area contributed by atoms with Crippen molar-refractivity contribution in [3.63, 3.8) is 0 Å². The van der Waals surface area contributed by atoms with E-state index >= 15 is 0 Å². The van der Waals surface area contributed by atoms with Crippen molar-refractivity contribution in [2.45, 2.75) is 45.5 Å². The van der Waals surface area contributed by atoms with E-state index in [0.29, 0.717) is 18.5 Å². The predicted octanol–water partition coefficient (Wildman–Crippen LogP) is 4.35. The van der Waals surface area contributed by atoms with Gasteiger partial charge < -0.3 is 15.5 Å². The van der Waals surface area contributed by atoms with E-state index in [-0.39, 0.29) is 0 Å². The summed E-state index contributed by atoms with van der Waals surface area (Å²) in [5.74, 6) is -4.71. The third-order valence-electron chi connectivity index (χ3n) is 3.89. The Hall–Kier alpha value is -2.30. The minimum absolute atomic E-state index is 0.405. The van der Waals surface area contributed by atoms with Gasteiger partial charge in [0.05, 0.1) is 11.4 Å². The molecule has 0 atom stereocenters. The first-order chi connectivity index (χ1) is 13.4. The molecule has 1 aromatic carbocycles. The van der Waals surface area contributed by atoms with Gasteiger partial charge in [-0.3, -0.25) is 9.59 Å². The number of anilines is 2. The van der Waals surface area contributed by atoms with Crippen LogP contribution in [0.2, 0.25) is 0 Å². The zero-order chi connectivity index (χ0) is 22.2. The maximum absolute atomic E-state index is 12.6. The van der Waals surface area contributed by atoms with Crippen LogP contribution in [0.4, 0.5) is 37.7 Å². The summed E-state index contributed by atoms with van der Waals surface area (Å²) in [5, 5.41) is 3.01. The quantitative estimate of drug-likeness (QED) is 0.576. The van der Waals surface area contributed by atoms with E-state index in [1.807, 2.05) is 13.8 Å². The standard InChI is InChI=1S/C18H23F6N3O2/c1-3-8-27(9-4-2)10-7-12-5-6-13(25-15(28)17(19,20)21)14(11-12)26-16(29)18(22,23)24/h5-6,11H,3-4,7-10H2,1-2H3,(H,25,28)(H,26,29). The van der Waals surface area contributed by atoms with E-state index < -0.39 is 35.5 Å². The van der Waals surface area contributed by atoms with Gasteiger partial charge in [0, 0.05) is 6.54 Å². The van der Waals surface area contributed by atoms with E-state index in [1.54, 1.807) is 0 Å². The van der Waals surface area contributed by atoms with Crippen molar-refractivity contribution < 1.29 is 35.9 Å². The average Bonchev–Trinajstić information content (AvgIpc) is 2.60. The number of carbonyl (C=O) groups excluding carboxylic acids is 2. The highest BCUT2D eigenvalue weighted by Gasteiger charge is 2.41. The van der Waals surface area contributed by atoms with Crippen LogP contribution in [-0.2, 0) is 16.0 Å². The Labute approximate surface area is 164 Å². The lowest BCUT2D eigenvalue weighted by Gasteiger charge is -2.21. The van der Waals surface area contributed by atoms with Gasteiger partial charge in [-0.1, -0.05) is 19.9 Å². The second kappa shape index (κ2) is 10.5. The van der Waals surface area contributed by atoms with Gasteiger partial charge in [-0.05, 0) is 50.0 Å². The summed E-state index contributed by atoms with van der Waals surface area (Å²) in [4.78, 5) is 24.5. The molecule has 0 saturated heterocycles. The van der Waals surface area contributed by atoms with E-state index in [9.17, 15) is 35.9 Å². The van der Waals surface area contributed by atoms with E-state index in [2.05, 4.69) is 4.90 Å². The van der Waals surface area contributed by atoms with E-state index in [0.717, 1.165) is 38.1 Å². The zero-order valence-electron chi connectivity index (χ0n) is 16.0. The molecule has 0 aromatic heterocycles. The molecule has 164 valence electrons. The Balaban J connectivity index is 3.08. The third-order valence-corrected chi connectivity index (χ3v) is 3.89. The molecule has 5 nitrogen and oxygen atoms in total. The van der Waals surface area contributed by atoms with Crippen LogP contribution in [0.5, 0.6) is 0 Å². The molecule has 2 N–H and O–H groups in total. The zero-order valence-corrected chi connectivity index (χ0v) is 16.0. The molecule has 0 radical (unpaired) electrons. The highest BCUT2D eigenvalue weighted by Crippen LogP contribution is 2.28. The van der Waals surface area contributed by atoms with Gasteiger partial charge in [-0.25, -0.2) is 0 Å². The molecule has 11 heteroatoms. The van der Waals surface area contributed by atoms with Gasteiger partial charge in [-0.2, -0.15) is 26.3 Å². The van der Waals surface area contributed by atoms with Gasteiger partial charge in [0.25, 0.3) is 0 Å². The van der Waals surface area contributed by atoms with Crippen molar-refractivity contribution in [3.05, 3.63) is 23.8 Å². The monoisotopic (exact) mass is 427 g/mol. The molecule has 0 fully saturated rings. The van der Waals surface area contributed by atoms with Gasteiger partial charge in [0.1, 0.15) is 0 Å². The Morgan fingerprint density at radius 2 is 1.31 bits per heavy atom. The maximum Gasteiger partial charge on any atom is 0.471 e. The van der Waals surface area contributed by atoms with Crippen LogP contribution < -0.4 is 10.6 Å². The molecule has 1 aromatic rings. The summed E-state index contributed by atoms with van der Waals surface area (Å²) in [7, 11) is 0. The fourth-order valence-electron chi connectivity index (χ4n) is 2.60. The highest BCUT2D eigenvalue weighted by molar-refractivity contribution is 6.02. The Kier molecular flexibility index (Phi) is 8.93. The molecular weight excluding hydrogens is 404 g/mol. The molecule has 0 aliphatic heterocycles. The fourth-order valence-corrected chi connectivity index (χ4v) is 2.60. The first kappa shape index (κ1) is 24.7. The molecule has 1 rings (SSSR count). The first-order valence-corrected chi connectivity index (χ1v) is 9.00. The molecule has 0 bridgehead atoms. The summed E-state index contributed by atoms with van der Waals surface area (Å²) in [6.45, 7) is 6.25. The summed E-state index contributed by atoms with van der Waals surface area (Å²) in [5.41, 5.74) is -0.628. The summed E-state index contributed by atoms with van der Waals surface area (Å²) in [6.07, 6.45) is -8.24. The van der Waals surface area contributed by atoms with Crippen LogP contribution in [0.25, 0.3) is 0 Å². The lowest BCUT2D eigenvalue weighted by molar-refractivity contribution is -0.167. The molecule has 0 spiro atoms. The van der Waals surface area contributed by atoms with Gasteiger partial charge in [0.2, 0.25) is 0 Å². The molecule has 29 heavy (non-hydrogen) atoms. The van der Waals surface area contributed by atoms with Crippen molar-refractivity contribution in [1.29, 1.82) is 0 Å². The third kappa shape index (κ3) is 8.30. The molecule has 0 heterocycles. The highest BCUT2D eigenvalue weighted by atomic mass is 19.4. The number of hydrogen-bond donors (Lipinski definition) is 2. The molecular formula is C18H23F6N3O2. The molecule has 0 saturated carbocycles. The van der Waals surface area contributed by atoms with Crippen molar-refractivity contribution in [3.8, 4) is 0 Å². The number of nitrogens with one attached hydrogen (secondary N) is 2.